The molecular formula is C38H60N4O3+2. The summed E-state index contributed by atoms with van der Waals surface area (Å²) in [6, 6.07) is 0. The predicted molar refractivity (Wildman–Crippen MR) is 178 cm³/mol. The van der Waals surface area contributed by atoms with Gasteiger partial charge >= 0.3 is 0 Å². The fourth-order valence-electron chi connectivity index (χ4n) is 12.8. The molecule has 0 aromatic carbocycles. The Morgan fingerprint density at radius 1 is 0.978 bits per heavy atom. The molecule has 0 aromatic heterocycles. The number of rotatable bonds is 3. The van der Waals surface area contributed by atoms with Crippen LogP contribution in [-0.2, 0) is 14.3 Å². The first-order valence-corrected chi connectivity index (χ1v) is 18.6. The molecule has 1 N–H and O–H groups in total. The van der Waals surface area contributed by atoms with Crippen LogP contribution in [0.25, 0.3) is 9.69 Å². The van der Waals surface area contributed by atoms with Gasteiger partial charge in [0.05, 0.1) is 30.5 Å². The van der Waals surface area contributed by atoms with Crippen molar-refractivity contribution in [3.63, 3.8) is 0 Å². The molecule has 45 heavy (non-hydrogen) atoms. The molecule has 1 spiro atoms. The third-order valence-corrected chi connectivity index (χ3v) is 15.5. The van der Waals surface area contributed by atoms with Crippen LogP contribution in [0.15, 0.2) is 0 Å². The van der Waals surface area contributed by atoms with E-state index in [9.17, 15) is 4.79 Å². The lowest BCUT2D eigenvalue weighted by molar-refractivity contribution is -0.271. The largest absolute Gasteiger partial charge is 0.356 e. The van der Waals surface area contributed by atoms with Crippen LogP contribution in [0, 0.1) is 71.8 Å². The van der Waals surface area contributed by atoms with E-state index in [0.717, 1.165) is 103 Å². The number of piperidine rings is 1. The van der Waals surface area contributed by atoms with E-state index in [0.29, 0.717) is 41.4 Å². The highest BCUT2D eigenvalue weighted by Crippen LogP contribution is 2.71. The van der Waals surface area contributed by atoms with Gasteiger partial charge in [-0.15, -0.1) is 0 Å². The highest BCUT2D eigenvalue weighted by Gasteiger charge is 2.83. The third kappa shape index (κ3) is 4.68. The van der Waals surface area contributed by atoms with Crippen molar-refractivity contribution in [1.82, 2.24) is 10.2 Å². The van der Waals surface area contributed by atoms with E-state index in [1.807, 2.05) is 0 Å². The van der Waals surface area contributed by atoms with E-state index >= 15 is 0 Å². The Morgan fingerprint density at radius 3 is 2.44 bits per heavy atom. The van der Waals surface area contributed by atoms with Crippen molar-refractivity contribution in [2.75, 3.05) is 33.3 Å². The standard InChI is InChI=1S/C38H59N4O3/c1-24-10-17-38(44-23-24)26(3)32-30(45-38)21-36(39-5)31-9-8-29-20-27(22-41-34(43)28-13-18-42(7)19-14-28)12-15-35(29,4)37(31,40-6)16-11-25(2)33(32)36/h5-6,24-33H,8-23H2,1-4,7H3/q+1/p+1/t24-,25+,26-,27?,29+,30-,31-,32-,33?,35-,36+,37+,38+/m0/s1. The van der Waals surface area contributed by atoms with E-state index in [1.165, 1.54) is 0 Å². The van der Waals surface area contributed by atoms with Gasteiger partial charge in [0, 0.05) is 37.1 Å². The maximum absolute atomic E-state index is 13.0. The van der Waals surface area contributed by atoms with Crippen molar-refractivity contribution in [3.8, 4) is 13.1 Å². The summed E-state index contributed by atoms with van der Waals surface area (Å²) in [7, 11) is 2.15. The fraction of sp³-hybridized carbons (Fsp3) is 0.921. The van der Waals surface area contributed by atoms with Crippen molar-refractivity contribution in [1.29, 1.82) is 0 Å². The molecular weight excluding hydrogens is 560 g/mol. The number of nitrogens with zero attached hydrogens (tertiary/aromatic N) is 3. The first-order valence-electron chi connectivity index (χ1n) is 18.6. The molecule has 7 nitrogen and oxygen atoms in total. The Bertz CT molecular complexity index is 1230. The second kappa shape index (κ2) is 11.5. The zero-order chi connectivity index (χ0) is 31.8. The van der Waals surface area contributed by atoms with Crippen LogP contribution >= 0.6 is 0 Å². The van der Waals surface area contributed by atoms with Gasteiger partial charge in [-0.25, -0.2) is 0 Å². The minimum atomic E-state index is -0.450. The number of amides is 1. The van der Waals surface area contributed by atoms with Crippen LogP contribution in [0.4, 0.5) is 0 Å². The van der Waals surface area contributed by atoms with Crippen molar-refractivity contribution in [2.24, 2.45) is 58.7 Å². The summed E-state index contributed by atoms with van der Waals surface area (Å²) in [6.45, 7) is 26.6. The molecule has 7 heteroatoms. The average molecular weight is 621 g/mol. The van der Waals surface area contributed by atoms with Crippen LogP contribution in [0.1, 0.15) is 105 Å². The minimum absolute atomic E-state index is 0.000550. The number of likely N-dealkylation sites (tertiary alicyclic amines) is 1. The maximum atomic E-state index is 13.0. The number of hydrogen-bond acceptors (Lipinski definition) is 4. The zero-order valence-corrected chi connectivity index (χ0v) is 28.8. The Morgan fingerprint density at radius 2 is 1.76 bits per heavy atom. The Kier molecular flexibility index (Phi) is 8.15. The summed E-state index contributed by atoms with van der Waals surface area (Å²) in [5, 5.41) is 3.38. The van der Waals surface area contributed by atoms with E-state index in [-0.39, 0.29) is 40.3 Å². The molecule has 0 aromatic rings. The lowest BCUT2D eigenvalue weighted by Crippen LogP contribution is -2.64. The summed E-state index contributed by atoms with van der Waals surface area (Å²) in [5.74, 6) is 3.39. The molecule has 4 saturated carbocycles. The number of ether oxygens (including phenoxy) is 2. The molecule has 0 bridgehead atoms. The van der Waals surface area contributed by atoms with Gasteiger partial charge in [-0.1, -0.05) is 37.4 Å². The van der Waals surface area contributed by atoms with Gasteiger partial charge in [0.1, 0.15) is 5.92 Å². The molecule has 3 saturated heterocycles. The Hall–Kier alpha value is -1.67. The highest BCUT2D eigenvalue weighted by molar-refractivity contribution is 5.78. The molecule has 3 aliphatic heterocycles. The number of carbonyl (C=O) groups excluding carboxylic acids is 1. The topological polar surface area (TPSA) is 59.5 Å². The summed E-state index contributed by atoms with van der Waals surface area (Å²) in [6.07, 6.45) is 12.8. The molecule has 2 unspecified atom stereocenters. The second-order valence-corrected chi connectivity index (χ2v) is 17.4. The van der Waals surface area contributed by atoms with Crippen molar-refractivity contribution in [2.45, 2.75) is 128 Å². The van der Waals surface area contributed by atoms with E-state index < -0.39 is 5.79 Å². The lowest BCUT2D eigenvalue weighted by Gasteiger charge is -2.54. The van der Waals surface area contributed by atoms with E-state index in [4.69, 9.17) is 32.3 Å². The fourth-order valence-corrected chi connectivity index (χ4v) is 12.8. The molecule has 7 fully saturated rings. The first kappa shape index (κ1) is 31.9. The Balaban J connectivity index is 1.11. The van der Waals surface area contributed by atoms with Crippen LogP contribution in [0.3, 0.4) is 0 Å². The molecule has 248 valence electrons. The molecule has 7 rings (SSSR count). The zero-order valence-electron chi connectivity index (χ0n) is 28.8. The number of carbonyl (C=O) groups is 1. The SMILES string of the molecule is C#[N+][C@@]12C[C@@H]3O[C@]4(CC[C@H](C)CO4)[C@@H](C)[C@@H]3C1[C@H](C)CC[C@@]1([N+]#C)[C@H]2CC[C@@H]2CC(CNC(=O)C3CCN(C)CC3)CC[C@@]21C. The second-order valence-electron chi connectivity index (χ2n) is 17.4. The van der Waals surface area contributed by atoms with Gasteiger partial charge in [-0.2, -0.15) is 0 Å². The molecule has 7 aliphatic rings. The number of fused-ring (bicyclic) bond motifs is 7. The van der Waals surface area contributed by atoms with Gasteiger partial charge < -0.3 is 19.7 Å². The van der Waals surface area contributed by atoms with Gasteiger partial charge in [0.15, 0.2) is 5.79 Å². The molecule has 3 heterocycles. The summed E-state index contributed by atoms with van der Waals surface area (Å²) in [4.78, 5) is 25.4. The summed E-state index contributed by atoms with van der Waals surface area (Å²) >= 11 is 0. The van der Waals surface area contributed by atoms with Gasteiger partial charge in [-0.05, 0) is 102 Å². The summed E-state index contributed by atoms with van der Waals surface area (Å²) in [5.41, 5.74) is -0.723. The third-order valence-electron chi connectivity index (χ3n) is 15.5. The van der Waals surface area contributed by atoms with Crippen LogP contribution < -0.4 is 5.32 Å². The predicted octanol–water partition coefficient (Wildman–Crippen LogP) is 6.92. The van der Waals surface area contributed by atoms with Crippen LogP contribution in [-0.4, -0.2) is 67.1 Å². The summed E-state index contributed by atoms with van der Waals surface area (Å²) < 4.78 is 13.6. The monoisotopic (exact) mass is 620 g/mol. The van der Waals surface area contributed by atoms with Crippen molar-refractivity contribution >= 4 is 5.91 Å². The van der Waals surface area contributed by atoms with E-state index in [1.54, 1.807) is 0 Å². The molecule has 0 radical (unpaired) electrons. The van der Waals surface area contributed by atoms with Gasteiger partial charge in [0.25, 0.3) is 24.2 Å². The average Bonchev–Trinajstić information content (AvgIpc) is 3.46. The Labute approximate surface area is 272 Å². The van der Waals surface area contributed by atoms with Crippen molar-refractivity contribution < 1.29 is 14.3 Å². The van der Waals surface area contributed by atoms with E-state index in [2.05, 4.69) is 45.0 Å². The number of hydrogen-bond donors (Lipinski definition) is 1. The van der Waals surface area contributed by atoms with Crippen LogP contribution in [0.2, 0.25) is 0 Å². The van der Waals surface area contributed by atoms with Gasteiger partial charge in [-0.3, -0.25) is 4.79 Å². The minimum Gasteiger partial charge on any atom is -0.356 e. The maximum Gasteiger partial charge on any atom is 0.297 e. The normalized spacial score (nSPS) is 51.6. The molecule has 13 atom stereocenters. The number of nitrogens with one attached hydrogen (secondary N) is 1. The first-order chi connectivity index (χ1) is 21.5. The lowest BCUT2D eigenvalue weighted by atomic mass is 9.44. The smallest absolute Gasteiger partial charge is 0.297 e. The van der Waals surface area contributed by atoms with Crippen LogP contribution in [0.5, 0.6) is 0 Å². The highest BCUT2D eigenvalue weighted by atomic mass is 16.7. The van der Waals surface area contributed by atoms with Gasteiger partial charge in [0.2, 0.25) is 5.91 Å². The molecule has 1 amide bonds. The molecule has 4 aliphatic carbocycles. The quantitative estimate of drug-likeness (QED) is 0.372. The van der Waals surface area contributed by atoms with Crippen molar-refractivity contribution in [3.05, 3.63) is 9.69 Å².